The molecule has 0 bridgehead atoms. The predicted molar refractivity (Wildman–Crippen MR) is 107 cm³/mol. The number of amides is 1. The summed E-state index contributed by atoms with van der Waals surface area (Å²) in [5.74, 6) is 0.468. The van der Waals surface area contributed by atoms with Crippen molar-refractivity contribution in [3.8, 4) is 0 Å². The van der Waals surface area contributed by atoms with E-state index in [1.807, 2.05) is 4.90 Å². The van der Waals surface area contributed by atoms with Gasteiger partial charge >= 0.3 is 6.09 Å². The Labute approximate surface area is 156 Å². The van der Waals surface area contributed by atoms with Crippen molar-refractivity contribution < 1.29 is 9.90 Å². The van der Waals surface area contributed by atoms with Crippen LogP contribution in [0.3, 0.4) is 0 Å². The summed E-state index contributed by atoms with van der Waals surface area (Å²) in [6, 6.07) is 0. The molecule has 1 unspecified atom stereocenters. The van der Waals surface area contributed by atoms with Crippen LogP contribution in [0.15, 0.2) is 0 Å². The Morgan fingerprint density at radius 3 is 1.64 bits per heavy atom. The highest BCUT2D eigenvalue weighted by atomic mass is 16.4. The Bertz CT molecular complexity index is 377. The highest BCUT2D eigenvalue weighted by Crippen LogP contribution is 2.59. The van der Waals surface area contributed by atoms with E-state index in [-0.39, 0.29) is 11.0 Å². The van der Waals surface area contributed by atoms with Gasteiger partial charge in [-0.2, -0.15) is 0 Å². The van der Waals surface area contributed by atoms with Gasteiger partial charge in [0, 0.05) is 6.54 Å². The van der Waals surface area contributed by atoms with Gasteiger partial charge < -0.3 is 10.0 Å². The van der Waals surface area contributed by atoms with Crippen LogP contribution in [-0.4, -0.2) is 28.2 Å². The summed E-state index contributed by atoms with van der Waals surface area (Å²) in [4.78, 5) is 14.1. The molecule has 0 aliphatic carbocycles. The summed E-state index contributed by atoms with van der Waals surface area (Å²) >= 11 is 0. The minimum Gasteiger partial charge on any atom is -0.465 e. The molecule has 0 aromatic heterocycles. The molecule has 1 rings (SSSR count). The van der Waals surface area contributed by atoms with Crippen molar-refractivity contribution in [1.29, 1.82) is 0 Å². The molecule has 0 saturated carbocycles. The van der Waals surface area contributed by atoms with Gasteiger partial charge in [0.1, 0.15) is 0 Å². The monoisotopic (exact) mass is 353 g/mol. The Morgan fingerprint density at radius 2 is 1.28 bits per heavy atom. The van der Waals surface area contributed by atoms with Gasteiger partial charge in [-0.15, -0.1) is 0 Å². The maximum absolute atomic E-state index is 12.3. The van der Waals surface area contributed by atoms with Crippen LogP contribution < -0.4 is 0 Å². The van der Waals surface area contributed by atoms with Crippen LogP contribution in [0.1, 0.15) is 112 Å². The number of carboxylic acid groups (broad SMARTS) is 1. The Morgan fingerprint density at radius 1 is 0.880 bits per heavy atom. The molecule has 0 spiro atoms. The maximum Gasteiger partial charge on any atom is 0.407 e. The number of hydrogen-bond acceptors (Lipinski definition) is 1. The fraction of sp³-hybridized carbons (Fsp3) is 0.955. The van der Waals surface area contributed by atoms with Gasteiger partial charge in [-0.05, 0) is 37.0 Å². The van der Waals surface area contributed by atoms with Crippen LogP contribution in [0.2, 0.25) is 0 Å². The topological polar surface area (TPSA) is 40.5 Å². The van der Waals surface area contributed by atoms with Gasteiger partial charge in [-0.3, -0.25) is 0 Å². The SMILES string of the molecule is CCCCC1(CCCC)C(C)CN(C(=O)O)C1(CCCC)CCCC. The molecular formula is C22H43NO2. The lowest BCUT2D eigenvalue weighted by atomic mass is 9.57. The van der Waals surface area contributed by atoms with E-state index in [4.69, 9.17) is 0 Å². The Balaban J connectivity index is 3.41. The molecule has 1 N–H and O–H groups in total. The van der Waals surface area contributed by atoms with E-state index < -0.39 is 6.09 Å². The van der Waals surface area contributed by atoms with E-state index in [9.17, 15) is 9.90 Å². The summed E-state index contributed by atoms with van der Waals surface area (Å²) in [7, 11) is 0. The van der Waals surface area contributed by atoms with Crippen molar-refractivity contribution in [3.63, 3.8) is 0 Å². The number of unbranched alkanes of at least 4 members (excludes halogenated alkanes) is 4. The smallest absolute Gasteiger partial charge is 0.407 e. The van der Waals surface area contributed by atoms with Gasteiger partial charge in [0.05, 0.1) is 5.54 Å². The average Bonchev–Trinajstić information content (AvgIpc) is 2.84. The number of carbonyl (C=O) groups is 1. The number of nitrogens with zero attached hydrogens (tertiary/aromatic N) is 1. The number of likely N-dealkylation sites (tertiary alicyclic amines) is 1. The van der Waals surface area contributed by atoms with Crippen LogP contribution in [0.4, 0.5) is 4.79 Å². The van der Waals surface area contributed by atoms with E-state index in [1.54, 1.807) is 0 Å². The summed E-state index contributed by atoms with van der Waals surface area (Å²) in [5.41, 5.74) is 0.0242. The van der Waals surface area contributed by atoms with Crippen molar-refractivity contribution >= 4 is 6.09 Å². The molecule has 1 aliphatic heterocycles. The largest absolute Gasteiger partial charge is 0.465 e. The second-order valence-corrected chi connectivity index (χ2v) is 8.40. The molecular weight excluding hydrogens is 310 g/mol. The maximum atomic E-state index is 12.3. The molecule has 1 saturated heterocycles. The molecule has 1 aliphatic rings. The lowest BCUT2D eigenvalue weighted by Gasteiger charge is -2.51. The van der Waals surface area contributed by atoms with Gasteiger partial charge in [0.25, 0.3) is 0 Å². The minimum atomic E-state index is -0.686. The zero-order chi connectivity index (χ0) is 18.9. The van der Waals surface area contributed by atoms with E-state index in [0.717, 1.165) is 45.1 Å². The second kappa shape index (κ2) is 10.4. The molecule has 1 fully saturated rings. The zero-order valence-electron chi connectivity index (χ0n) is 17.6. The number of rotatable bonds is 12. The standard InChI is InChI=1S/C22H43NO2/c1-6-10-14-21(15-11-7-2)19(5)18-23(20(24)25)22(21,16-12-8-3)17-13-9-4/h19H,6-18H2,1-5H3,(H,24,25). The molecule has 1 heterocycles. The fourth-order valence-electron chi connectivity index (χ4n) is 5.51. The number of hydrogen-bond donors (Lipinski definition) is 1. The highest BCUT2D eigenvalue weighted by molar-refractivity contribution is 5.67. The van der Waals surface area contributed by atoms with Crippen LogP contribution in [-0.2, 0) is 0 Å². The lowest BCUT2D eigenvalue weighted by molar-refractivity contribution is -0.00686. The molecule has 1 amide bonds. The molecule has 0 radical (unpaired) electrons. The third-order valence-electron chi connectivity index (χ3n) is 6.91. The first kappa shape index (κ1) is 22.3. The minimum absolute atomic E-state index is 0.144. The quantitative estimate of drug-likeness (QED) is 0.406. The first-order chi connectivity index (χ1) is 12.0. The normalized spacial score (nSPS) is 21.6. The van der Waals surface area contributed by atoms with Crippen molar-refractivity contribution in [2.24, 2.45) is 11.3 Å². The molecule has 3 heteroatoms. The van der Waals surface area contributed by atoms with Gasteiger partial charge in [0.2, 0.25) is 0 Å². The third-order valence-corrected chi connectivity index (χ3v) is 6.91. The van der Waals surface area contributed by atoms with E-state index in [1.165, 1.54) is 38.5 Å². The lowest BCUT2D eigenvalue weighted by Crippen LogP contribution is -2.56. The summed E-state index contributed by atoms with van der Waals surface area (Å²) in [5, 5.41) is 10.1. The molecule has 0 aromatic carbocycles. The summed E-state index contributed by atoms with van der Waals surface area (Å²) in [6.07, 6.45) is 13.2. The predicted octanol–water partition coefficient (Wildman–Crippen LogP) is 7.10. The van der Waals surface area contributed by atoms with E-state index in [0.29, 0.717) is 5.92 Å². The van der Waals surface area contributed by atoms with Crippen LogP contribution in [0.25, 0.3) is 0 Å². The van der Waals surface area contributed by atoms with Crippen LogP contribution >= 0.6 is 0 Å². The van der Waals surface area contributed by atoms with Gasteiger partial charge in [-0.1, -0.05) is 86.0 Å². The van der Waals surface area contributed by atoms with Crippen molar-refractivity contribution in [3.05, 3.63) is 0 Å². The Hall–Kier alpha value is -0.730. The summed E-state index contributed by atoms with van der Waals surface area (Å²) in [6.45, 7) is 12.1. The van der Waals surface area contributed by atoms with Crippen molar-refractivity contribution in [2.75, 3.05) is 6.54 Å². The molecule has 0 aromatic rings. The zero-order valence-corrected chi connectivity index (χ0v) is 17.6. The second-order valence-electron chi connectivity index (χ2n) is 8.40. The van der Waals surface area contributed by atoms with E-state index in [2.05, 4.69) is 34.6 Å². The van der Waals surface area contributed by atoms with Gasteiger partial charge in [-0.25, -0.2) is 4.79 Å². The molecule has 1 atom stereocenters. The van der Waals surface area contributed by atoms with Crippen LogP contribution in [0, 0.1) is 11.3 Å². The first-order valence-corrected chi connectivity index (χ1v) is 11.0. The van der Waals surface area contributed by atoms with Crippen molar-refractivity contribution in [2.45, 2.75) is 117 Å². The molecule has 148 valence electrons. The average molecular weight is 354 g/mol. The highest BCUT2D eigenvalue weighted by Gasteiger charge is 2.61. The fourth-order valence-corrected chi connectivity index (χ4v) is 5.51. The third kappa shape index (κ3) is 4.52. The van der Waals surface area contributed by atoms with Crippen molar-refractivity contribution in [1.82, 2.24) is 4.90 Å². The summed E-state index contributed by atoms with van der Waals surface area (Å²) < 4.78 is 0. The molecule has 3 nitrogen and oxygen atoms in total. The van der Waals surface area contributed by atoms with E-state index >= 15 is 0 Å². The first-order valence-electron chi connectivity index (χ1n) is 11.0. The van der Waals surface area contributed by atoms with Gasteiger partial charge in [0.15, 0.2) is 0 Å². The Kier molecular flexibility index (Phi) is 9.30. The van der Waals surface area contributed by atoms with Crippen LogP contribution in [0.5, 0.6) is 0 Å². The molecule has 25 heavy (non-hydrogen) atoms.